The van der Waals surface area contributed by atoms with Crippen LogP contribution < -0.4 is 0 Å². The Hall–Kier alpha value is 0.180. The summed E-state index contributed by atoms with van der Waals surface area (Å²) in [6.07, 6.45) is 7.88. The highest BCUT2D eigenvalue weighted by Gasteiger charge is 2.64. The fraction of sp³-hybridized carbons (Fsp3) is 0.867. The van der Waals surface area contributed by atoms with Crippen molar-refractivity contribution in [1.29, 1.82) is 0 Å². The van der Waals surface area contributed by atoms with Gasteiger partial charge in [0.2, 0.25) is 0 Å². The number of rotatable bonds is 0. The second-order valence-corrected chi connectivity index (χ2v) is 8.12. The van der Waals surface area contributed by atoms with Crippen molar-refractivity contribution in [3.63, 3.8) is 0 Å². The number of hydrogen-bond acceptors (Lipinski definition) is 1. The Balaban J connectivity index is 1.99. The van der Waals surface area contributed by atoms with Crippen molar-refractivity contribution in [2.24, 2.45) is 10.8 Å². The van der Waals surface area contributed by atoms with Gasteiger partial charge in [-0.1, -0.05) is 41.4 Å². The lowest BCUT2D eigenvalue weighted by Gasteiger charge is -2.55. The number of epoxide rings is 1. The third kappa shape index (κ3) is 1.46. The zero-order valence-electron chi connectivity index (χ0n) is 11.3. The molecule has 2 aliphatic carbocycles. The van der Waals surface area contributed by atoms with E-state index in [9.17, 15) is 0 Å². The van der Waals surface area contributed by atoms with Gasteiger partial charge in [-0.05, 0) is 50.4 Å². The number of allylic oxidation sites excluding steroid dienone is 2. The maximum Gasteiger partial charge on any atom is 0.0921 e. The highest BCUT2D eigenvalue weighted by atomic mass is 79.9. The second-order valence-electron chi connectivity index (χ2n) is 7.02. The molecule has 2 heteroatoms. The summed E-state index contributed by atoms with van der Waals surface area (Å²) in [4.78, 5) is 0.599. The van der Waals surface area contributed by atoms with Gasteiger partial charge >= 0.3 is 0 Å². The number of alkyl halides is 1. The summed E-state index contributed by atoms with van der Waals surface area (Å²) < 4.78 is 5.93. The normalized spacial score (nSPS) is 51.9. The van der Waals surface area contributed by atoms with Crippen LogP contribution in [0.15, 0.2) is 11.6 Å². The van der Waals surface area contributed by atoms with E-state index < -0.39 is 0 Å². The quantitative estimate of drug-likeness (QED) is 0.366. The van der Waals surface area contributed by atoms with E-state index in [2.05, 4.69) is 49.7 Å². The summed E-state index contributed by atoms with van der Waals surface area (Å²) in [6, 6.07) is 0. The van der Waals surface area contributed by atoms with Crippen LogP contribution in [0.3, 0.4) is 0 Å². The number of halogens is 1. The molecule has 0 unspecified atom stereocenters. The molecule has 4 atom stereocenters. The standard InChI is InChI=1S/C15H23BrO/c1-10-5-6-11(16)13(2,3)15(10)8-7-14(4)12(9-15)17-14/h5,11-12H,6-9H2,1-4H3/t11-,12-,14+,15+/m1/s1. The van der Waals surface area contributed by atoms with Crippen molar-refractivity contribution in [2.45, 2.75) is 69.9 Å². The molecule has 0 radical (unpaired) electrons. The van der Waals surface area contributed by atoms with Crippen LogP contribution in [0.25, 0.3) is 0 Å². The molecule has 1 nitrogen and oxygen atoms in total. The van der Waals surface area contributed by atoms with E-state index in [0.29, 0.717) is 21.8 Å². The second kappa shape index (κ2) is 3.39. The Labute approximate surface area is 113 Å². The molecule has 0 bridgehead atoms. The fourth-order valence-corrected chi connectivity index (χ4v) is 4.80. The summed E-state index contributed by atoms with van der Waals surface area (Å²) in [5.74, 6) is 0. The van der Waals surface area contributed by atoms with Crippen LogP contribution in [0, 0.1) is 10.8 Å². The van der Waals surface area contributed by atoms with E-state index >= 15 is 0 Å². The molecular formula is C15H23BrO. The molecule has 17 heavy (non-hydrogen) atoms. The Bertz CT molecular complexity index is 386. The first-order chi connectivity index (χ1) is 7.82. The summed E-state index contributed by atoms with van der Waals surface area (Å²) in [7, 11) is 0. The van der Waals surface area contributed by atoms with Crippen molar-refractivity contribution < 1.29 is 4.74 Å². The summed E-state index contributed by atoms with van der Waals surface area (Å²) in [5.41, 5.74) is 2.52. The van der Waals surface area contributed by atoms with Gasteiger partial charge in [0.15, 0.2) is 0 Å². The molecule has 96 valence electrons. The highest BCUT2D eigenvalue weighted by Crippen LogP contribution is 2.65. The Morgan fingerprint density at radius 3 is 2.65 bits per heavy atom. The Morgan fingerprint density at radius 1 is 1.29 bits per heavy atom. The van der Waals surface area contributed by atoms with Crippen LogP contribution in [0.2, 0.25) is 0 Å². The molecule has 1 saturated carbocycles. The van der Waals surface area contributed by atoms with E-state index in [1.165, 1.54) is 25.7 Å². The third-order valence-corrected chi connectivity index (χ3v) is 7.54. The first-order valence-electron chi connectivity index (χ1n) is 6.81. The number of ether oxygens (including phenoxy) is 1. The molecule has 0 aromatic carbocycles. The zero-order valence-corrected chi connectivity index (χ0v) is 12.9. The van der Waals surface area contributed by atoms with Gasteiger partial charge in [-0.25, -0.2) is 0 Å². The predicted octanol–water partition coefficient (Wildman–Crippen LogP) is 4.45. The lowest BCUT2D eigenvalue weighted by Crippen LogP contribution is -2.50. The van der Waals surface area contributed by atoms with Gasteiger partial charge < -0.3 is 4.74 Å². The van der Waals surface area contributed by atoms with Crippen molar-refractivity contribution in [3.05, 3.63) is 11.6 Å². The van der Waals surface area contributed by atoms with Crippen LogP contribution in [-0.2, 0) is 4.74 Å². The van der Waals surface area contributed by atoms with Crippen LogP contribution >= 0.6 is 15.9 Å². The molecule has 3 rings (SSSR count). The smallest absolute Gasteiger partial charge is 0.0921 e. The molecule has 0 aromatic heterocycles. The van der Waals surface area contributed by atoms with Crippen molar-refractivity contribution in [1.82, 2.24) is 0 Å². The molecule has 1 spiro atoms. The molecule has 1 saturated heterocycles. The summed E-state index contributed by atoms with van der Waals surface area (Å²) in [5, 5.41) is 0. The molecule has 3 aliphatic rings. The minimum absolute atomic E-state index is 0.223. The molecule has 2 fully saturated rings. The minimum atomic E-state index is 0.223. The summed E-state index contributed by atoms with van der Waals surface area (Å²) >= 11 is 3.91. The first-order valence-corrected chi connectivity index (χ1v) is 7.73. The van der Waals surface area contributed by atoms with E-state index in [1.54, 1.807) is 5.57 Å². The van der Waals surface area contributed by atoms with E-state index in [4.69, 9.17) is 4.74 Å². The van der Waals surface area contributed by atoms with E-state index in [-0.39, 0.29) is 5.60 Å². The van der Waals surface area contributed by atoms with Crippen LogP contribution in [0.1, 0.15) is 53.4 Å². The Morgan fingerprint density at radius 2 is 2.00 bits per heavy atom. The third-order valence-electron chi connectivity index (χ3n) is 6.02. The molecule has 1 heterocycles. The van der Waals surface area contributed by atoms with Gasteiger partial charge in [-0.15, -0.1) is 0 Å². The van der Waals surface area contributed by atoms with E-state index in [1.807, 2.05) is 0 Å². The SMILES string of the molecule is CC1=CC[C@@H](Br)C(C)(C)[C@]12CC[C@]1(C)O[C@@H]1C2. The van der Waals surface area contributed by atoms with Crippen LogP contribution in [0.4, 0.5) is 0 Å². The minimum Gasteiger partial charge on any atom is -0.366 e. The topological polar surface area (TPSA) is 12.5 Å². The van der Waals surface area contributed by atoms with Crippen molar-refractivity contribution >= 4 is 15.9 Å². The molecule has 0 aromatic rings. The molecular weight excluding hydrogens is 276 g/mol. The molecule has 1 aliphatic heterocycles. The summed E-state index contributed by atoms with van der Waals surface area (Å²) in [6.45, 7) is 9.50. The fourth-order valence-electron chi connectivity index (χ4n) is 4.17. The molecule has 0 N–H and O–H groups in total. The van der Waals surface area contributed by atoms with Gasteiger partial charge in [0.05, 0.1) is 11.7 Å². The van der Waals surface area contributed by atoms with Crippen LogP contribution in [-0.4, -0.2) is 16.5 Å². The maximum atomic E-state index is 5.93. The van der Waals surface area contributed by atoms with Gasteiger partial charge in [-0.2, -0.15) is 0 Å². The predicted molar refractivity (Wildman–Crippen MR) is 74.4 cm³/mol. The van der Waals surface area contributed by atoms with Crippen LogP contribution in [0.5, 0.6) is 0 Å². The Kier molecular flexibility index (Phi) is 2.44. The largest absolute Gasteiger partial charge is 0.366 e. The highest BCUT2D eigenvalue weighted by molar-refractivity contribution is 9.09. The first kappa shape index (κ1) is 12.2. The lowest BCUT2D eigenvalue weighted by molar-refractivity contribution is 0.0558. The number of hydrogen-bond donors (Lipinski definition) is 0. The number of fused-ring (bicyclic) bond motifs is 1. The van der Waals surface area contributed by atoms with Gasteiger partial charge in [0.1, 0.15) is 0 Å². The average molecular weight is 299 g/mol. The van der Waals surface area contributed by atoms with E-state index in [0.717, 1.165) is 0 Å². The zero-order chi connectivity index (χ0) is 12.5. The van der Waals surface area contributed by atoms with Gasteiger partial charge in [-0.3, -0.25) is 0 Å². The maximum absolute atomic E-state index is 5.93. The average Bonchev–Trinajstić information content (AvgIpc) is 2.93. The van der Waals surface area contributed by atoms with Crippen molar-refractivity contribution in [3.8, 4) is 0 Å². The lowest BCUT2D eigenvalue weighted by atomic mass is 9.51. The van der Waals surface area contributed by atoms with Gasteiger partial charge in [0, 0.05) is 4.83 Å². The monoisotopic (exact) mass is 298 g/mol. The molecule has 0 amide bonds. The van der Waals surface area contributed by atoms with Crippen molar-refractivity contribution in [2.75, 3.05) is 0 Å². The van der Waals surface area contributed by atoms with Gasteiger partial charge in [0.25, 0.3) is 0 Å².